The van der Waals surface area contributed by atoms with Crippen molar-refractivity contribution in [2.75, 3.05) is 32.6 Å². The molecule has 7 heteroatoms. The second-order valence-electron chi connectivity index (χ2n) is 5.38. The molecule has 0 spiro atoms. The Morgan fingerprint density at radius 1 is 1.04 bits per heavy atom. The number of amides is 1. The number of nitrogens with zero attached hydrogens (tertiary/aromatic N) is 1. The number of nitrogens with one attached hydrogen (secondary N) is 1. The third kappa shape index (κ3) is 5.28. The number of ether oxygens (including phenoxy) is 1. The summed E-state index contributed by atoms with van der Waals surface area (Å²) < 4.78 is 5.60. The van der Waals surface area contributed by atoms with E-state index in [0.717, 1.165) is 6.54 Å². The molecule has 0 aromatic heterocycles. The number of rotatable bonds is 6. The van der Waals surface area contributed by atoms with E-state index in [1.54, 1.807) is 30.3 Å². The second kappa shape index (κ2) is 8.58. The first-order chi connectivity index (χ1) is 11.4. The van der Waals surface area contributed by atoms with E-state index in [9.17, 15) is 4.79 Å². The maximum Gasteiger partial charge on any atom is 0.255 e. The molecule has 4 nitrogen and oxygen atoms in total. The Labute approximate surface area is 156 Å². The van der Waals surface area contributed by atoms with E-state index in [-0.39, 0.29) is 5.91 Å². The Bertz CT molecular complexity index is 736. The van der Waals surface area contributed by atoms with Gasteiger partial charge in [-0.2, -0.15) is 0 Å². The molecule has 24 heavy (non-hydrogen) atoms. The second-order valence-corrected chi connectivity index (χ2v) is 6.60. The lowest BCUT2D eigenvalue weighted by atomic mass is 10.2. The van der Waals surface area contributed by atoms with E-state index in [2.05, 4.69) is 5.32 Å². The summed E-state index contributed by atoms with van der Waals surface area (Å²) >= 11 is 18.0. The van der Waals surface area contributed by atoms with E-state index < -0.39 is 0 Å². The van der Waals surface area contributed by atoms with Crippen molar-refractivity contribution in [1.29, 1.82) is 0 Å². The first-order valence-corrected chi connectivity index (χ1v) is 8.33. The van der Waals surface area contributed by atoms with Gasteiger partial charge in [0.25, 0.3) is 5.91 Å². The van der Waals surface area contributed by atoms with Gasteiger partial charge >= 0.3 is 0 Å². The van der Waals surface area contributed by atoms with Crippen LogP contribution in [-0.2, 0) is 0 Å². The lowest BCUT2D eigenvalue weighted by Crippen LogP contribution is -2.19. The number of benzene rings is 2. The lowest BCUT2D eigenvalue weighted by Gasteiger charge is -2.13. The molecule has 2 aromatic rings. The maximum atomic E-state index is 12.2. The molecule has 1 amide bonds. The Balaban J connectivity index is 2.03. The Kier molecular flexibility index (Phi) is 6.75. The third-order valence-corrected chi connectivity index (χ3v) is 4.20. The normalized spacial score (nSPS) is 10.8. The Morgan fingerprint density at radius 2 is 1.79 bits per heavy atom. The SMILES string of the molecule is CN(C)CCOc1ccc(NC(=O)c2ccc(Cl)c(Cl)c2)cc1Cl. The largest absolute Gasteiger partial charge is 0.491 e. The summed E-state index contributed by atoms with van der Waals surface area (Å²) in [6.07, 6.45) is 0. The van der Waals surface area contributed by atoms with Gasteiger partial charge in [-0.3, -0.25) is 4.79 Å². The molecule has 0 aliphatic carbocycles. The number of carbonyl (C=O) groups is 1. The van der Waals surface area contributed by atoms with Crippen molar-refractivity contribution in [2.24, 2.45) is 0 Å². The number of anilines is 1. The lowest BCUT2D eigenvalue weighted by molar-refractivity contribution is 0.102. The van der Waals surface area contributed by atoms with Crippen molar-refractivity contribution in [1.82, 2.24) is 4.90 Å². The standard InChI is InChI=1S/C17H17Cl3N2O2/c1-22(2)7-8-24-16-6-4-12(10-15(16)20)21-17(23)11-3-5-13(18)14(19)9-11/h3-6,9-10H,7-8H2,1-2H3,(H,21,23). The van der Waals surface area contributed by atoms with E-state index in [1.807, 2.05) is 19.0 Å². The van der Waals surface area contributed by atoms with Crippen LogP contribution in [-0.4, -0.2) is 38.1 Å². The van der Waals surface area contributed by atoms with Gasteiger partial charge in [-0.1, -0.05) is 34.8 Å². The third-order valence-electron chi connectivity index (χ3n) is 3.17. The van der Waals surface area contributed by atoms with Gasteiger partial charge in [0, 0.05) is 17.8 Å². The summed E-state index contributed by atoms with van der Waals surface area (Å²) in [5, 5.41) is 3.91. The number of hydrogen-bond donors (Lipinski definition) is 1. The molecular formula is C17H17Cl3N2O2. The molecule has 0 aliphatic heterocycles. The molecule has 0 aliphatic rings. The van der Waals surface area contributed by atoms with Crippen LogP contribution in [0.15, 0.2) is 36.4 Å². The molecular weight excluding hydrogens is 371 g/mol. The van der Waals surface area contributed by atoms with E-state index in [0.29, 0.717) is 38.7 Å². The minimum absolute atomic E-state index is 0.300. The van der Waals surface area contributed by atoms with E-state index in [1.165, 1.54) is 6.07 Å². The molecule has 0 heterocycles. The summed E-state index contributed by atoms with van der Waals surface area (Å²) in [6, 6.07) is 9.79. The van der Waals surface area contributed by atoms with Crippen molar-refractivity contribution in [3.8, 4) is 5.75 Å². The highest BCUT2D eigenvalue weighted by molar-refractivity contribution is 6.42. The van der Waals surface area contributed by atoms with E-state index >= 15 is 0 Å². The summed E-state index contributed by atoms with van der Waals surface area (Å²) in [5.41, 5.74) is 0.975. The quantitative estimate of drug-likeness (QED) is 0.771. The molecule has 128 valence electrons. The molecule has 0 saturated heterocycles. The van der Waals surface area contributed by atoms with Crippen LogP contribution in [0, 0.1) is 0 Å². The first kappa shape index (κ1) is 18.9. The molecule has 0 fully saturated rings. The average molecular weight is 388 g/mol. The van der Waals surface area contributed by atoms with Gasteiger partial charge in [0.1, 0.15) is 12.4 Å². The van der Waals surface area contributed by atoms with Crippen LogP contribution < -0.4 is 10.1 Å². The van der Waals surface area contributed by atoms with Gasteiger partial charge in [-0.05, 0) is 50.5 Å². The average Bonchev–Trinajstić information content (AvgIpc) is 2.51. The number of carbonyl (C=O) groups excluding carboxylic acids is 1. The molecule has 0 unspecified atom stereocenters. The summed E-state index contributed by atoms with van der Waals surface area (Å²) in [7, 11) is 3.93. The van der Waals surface area contributed by atoms with Crippen LogP contribution in [0.2, 0.25) is 15.1 Å². The minimum Gasteiger partial charge on any atom is -0.491 e. The molecule has 0 atom stereocenters. The van der Waals surface area contributed by atoms with Gasteiger partial charge < -0.3 is 15.0 Å². The van der Waals surface area contributed by atoms with Crippen LogP contribution in [0.4, 0.5) is 5.69 Å². The maximum absolute atomic E-state index is 12.2. The highest BCUT2D eigenvalue weighted by Crippen LogP contribution is 2.28. The van der Waals surface area contributed by atoms with Crippen LogP contribution in [0.3, 0.4) is 0 Å². The predicted octanol–water partition coefficient (Wildman–Crippen LogP) is 4.84. The van der Waals surface area contributed by atoms with Gasteiger partial charge in [0.2, 0.25) is 0 Å². The van der Waals surface area contributed by atoms with Gasteiger partial charge in [0.15, 0.2) is 0 Å². The van der Waals surface area contributed by atoms with Crippen molar-refractivity contribution in [3.05, 3.63) is 57.0 Å². The molecule has 0 saturated carbocycles. The van der Waals surface area contributed by atoms with Crippen molar-refractivity contribution in [3.63, 3.8) is 0 Å². The fraction of sp³-hybridized carbons (Fsp3) is 0.235. The van der Waals surface area contributed by atoms with Crippen molar-refractivity contribution in [2.45, 2.75) is 0 Å². The van der Waals surface area contributed by atoms with Crippen LogP contribution >= 0.6 is 34.8 Å². The van der Waals surface area contributed by atoms with Crippen molar-refractivity contribution >= 4 is 46.4 Å². The van der Waals surface area contributed by atoms with Gasteiger partial charge in [0.05, 0.1) is 15.1 Å². The smallest absolute Gasteiger partial charge is 0.255 e. The Hall–Kier alpha value is -1.46. The summed E-state index contributed by atoms with van der Waals surface area (Å²) in [5.74, 6) is 0.275. The zero-order chi connectivity index (χ0) is 17.7. The van der Waals surface area contributed by atoms with Gasteiger partial charge in [-0.25, -0.2) is 0 Å². The fourth-order valence-corrected chi connectivity index (χ4v) is 2.41. The molecule has 2 aromatic carbocycles. The highest BCUT2D eigenvalue weighted by Gasteiger charge is 2.10. The molecule has 0 bridgehead atoms. The molecule has 0 radical (unpaired) electrons. The zero-order valence-electron chi connectivity index (χ0n) is 13.3. The van der Waals surface area contributed by atoms with Crippen LogP contribution in [0.5, 0.6) is 5.75 Å². The number of hydrogen-bond acceptors (Lipinski definition) is 3. The van der Waals surface area contributed by atoms with Crippen LogP contribution in [0.1, 0.15) is 10.4 Å². The molecule has 1 N–H and O–H groups in total. The first-order valence-electron chi connectivity index (χ1n) is 7.20. The Morgan fingerprint density at radius 3 is 2.42 bits per heavy atom. The van der Waals surface area contributed by atoms with Crippen LogP contribution in [0.25, 0.3) is 0 Å². The predicted molar refractivity (Wildman–Crippen MR) is 99.9 cm³/mol. The highest BCUT2D eigenvalue weighted by atomic mass is 35.5. The number of likely N-dealkylation sites (N-methyl/N-ethyl adjacent to an activating group) is 1. The minimum atomic E-state index is -0.300. The monoisotopic (exact) mass is 386 g/mol. The van der Waals surface area contributed by atoms with Gasteiger partial charge in [-0.15, -0.1) is 0 Å². The summed E-state index contributed by atoms with van der Waals surface area (Å²) in [4.78, 5) is 14.2. The van der Waals surface area contributed by atoms with E-state index in [4.69, 9.17) is 39.5 Å². The summed E-state index contributed by atoms with van der Waals surface area (Å²) in [6.45, 7) is 1.31. The zero-order valence-corrected chi connectivity index (χ0v) is 15.5. The van der Waals surface area contributed by atoms with Crippen molar-refractivity contribution < 1.29 is 9.53 Å². The molecule has 2 rings (SSSR count). The number of halogens is 3. The fourth-order valence-electron chi connectivity index (χ4n) is 1.87. The topological polar surface area (TPSA) is 41.6 Å².